The van der Waals surface area contributed by atoms with Crippen molar-refractivity contribution in [1.29, 1.82) is 0 Å². The van der Waals surface area contributed by atoms with E-state index in [1.54, 1.807) is 0 Å². The van der Waals surface area contributed by atoms with Gasteiger partial charge in [-0.2, -0.15) is 13.2 Å². The first-order valence-corrected chi connectivity index (χ1v) is 6.78. The molecule has 2 nitrogen and oxygen atoms in total. The third-order valence-electron chi connectivity index (χ3n) is 2.55. The van der Waals surface area contributed by atoms with Crippen molar-refractivity contribution in [1.82, 2.24) is 0 Å². The molecule has 0 amide bonds. The summed E-state index contributed by atoms with van der Waals surface area (Å²) in [6, 6.07) is 3.70. The maximum absolute atomic E-state index is 13.2. The normalized spacial score (nSPS) is 13.6. The van der Waals surface area contributed by atoms with Gasteiger partial charge in [-0.1, -0.05) is 6.07 Å². The summed E-state index contributed by atoms with van der Waals surface area (Å²) >= 11 is 6.17. The minimum absolute atomic E-state index is 0.0310. The Balaban J connectivity index is 2.43. The van der Waals surface area contributed by atoms with Crippen LogP contribution in [-0.4, -0.2) is 5.11 Å². The molecule has 0 bridgehead atoms. The number of hydrogen-bond donors (Lipinski definition) is 1. The summed E-state index contributed by atoms with van der Waals surface area (Å²) in [5, 5.41) is 9.99. The molecule has 2 aromatic rings. The summed E-state index contributed by atoms with van der Waals surface area (Å²) in [5.74, 6) is -1.36. The van der Waals surface area contributed by atoms with Crippen LogP contribution in [0.15, 0.2) is 37.8 Å². The quantitative estimate of drug-likeness (QED) is 0.694. The first-order chi connectivity index (χ1) is 9.20. The van der Waals surface area contributed by atoms with Gasteiger partial charge in [0.25, 0.3) is 0 Å². The molecule has 1 heterocycles. The fourth-order valence-electron chi connectivity index (χ4n) is 1.59. The molecule has 8 heteroatoms. The average Bonchev–Trinajstić information content (AvgIpc) is 2.68. The van der Waals surface area contributed by atoms with Crippen molar-refractivity contribution in [3.63, 3.8) is 0 Å². The van der Waals surface area contributed by atoms with Crippen LogP contribution < -0.4 is 0 Å². The van der Waals surface area contributed by atoms with Gasteiger partial charge in [-0.15, -0.1) is 0 Å². The van der Waals surface area contributed by atoms with Crippen LogP contribution >= 0.6 is 31.9 Å². The first kappa shape index (κ1) is 15.5. The van der Waals surface area contributed by atoms with Crippen LogP contribution in [0.3, 0.4) is 0 Å². The molecule has 0 saturated heterocycles. The third kappa shape index (κ3) is 3.07. The van der Waals surface area contributed by atoms with E-state index in [0.29, 0.717) is 21.3 Å². The highest BCUT2D eigenvalue weighted by Crippen LogP contribution is 2.36. The van der Waals surface area contributed by atoms with E-state index in [9.17, 15) is 22.7 Å². The van der Waals surface area contributed by atoms with Crippen LogP contribution in [0.1, 0.15) is 23.0 Å². The van der Waals surface area contributed by atoms with Crippen molar-refractivity contribution in [2.45, 2.75) is 12.3 Å². The van der Waals surface area contributed by atoms with Crippen LogP contribution in [0.25, 0.3) is 0 Å². The maximum Gasteiger partial charge on any atom is 0.419 e. The fourth-order valence-corrected chi connectivity index (χ4v) is 2.20. The monoisotopic (exact) mass is 416 g/mol. The SMILES string of the molecule is OC(c1ccc(F)c(C(F)(F)F)c1)c1cc(Br)c(Br)o1. The third-order valence-corrected chi connectivity index (χ3v) is 4.26. The molecule has 1 aromatic carbocycles. The molecule has 0 aliphatic rings. The standard InChI is InChI=1S/C12H6Br2F4O2/c13-7-4-9(20-11(7)14)10(19)5-1-2-8(15)6(3-5)12(16,17)18/h1-4,10,19H. The van der Waals surface area contributed by atoms with Crippen molar-refractivity contribution in [2.75, 3.05) is 0 Å². The molecule has 0 saturated carbocycles. The predicted octanol–water partition coefficient (Wildman–Crippen LogP) is 5.04. The summed E-state index contributed by atoms with van der Waals surface area (Å²) in [6.07, 6.45) is -6.26. The largest absolute Gasteiger partial charge is 0.450 e. The molecular weight excluding hydrogens is 412 g/mol. The highest BCUT2D eigenvalue weighted by molar-refractivity contribution is 9.13. The van der Waals surface area contributed by atoms with E-state index in [1.807, 2.05) is 0 Å². The summed E-state index contributed by atoms with van der Waals surface area (Å²) in [6.45, 7) is 0. The second-order valence-corrected chi connectivity index (χ2v) is 5.48. The first-order valence-electron chi connectivity index (χ1n) is 5.19. The van der Waals surface area contributed by atoms with Crippen LogP contribution in [-0.2, 0) is 6.18 Å². The van der Waals surface area contributed by atoms with Crippen LogP contribution in [0, 0.1) is 5.82 Å². The molecule has 0 fully saturated rings. The molecule has 1 N–H and O–H groups in total. The molecule has 2 rings (SSSR count). The van der Waals surface area contributed by atoms with Crippen molar-refractivity contribution in [2.24, 2.45) is 0 Å². The lowest BCUT2D eigenvalue weighted by Gasteiger charge is -2.12. The van der Waals surface area contributed by atoms with Crippen molar-refractivity contribution in [3.8, 4) is 0 Å². The smallest absolute Gasteiger partial charge is 0.419 e. The Labute approximate surface area is 127 Å². The summed E-state index contributed by atoms with van der Waals surface area (Å²) in [4.78, 5) is 0. The molecule has 108 valence electrons. The molecule has 0 aliphatic carbocycles. The van der Waals surface area contributed by atoms with Crippen LogP contribution in [0.5, 0.6) is 0 Å². The number of aliphatic hydroxyl groups is 1. The van der Waals surface area contributed by atoms with Gasteiger partial charge in [0.1, 0.15) is 17.7 Å². The highest BCUT2D eigenvalue weighted by Gasteiger charge is 2.35. The van der Waals surface area contributed by atoms with E-state index >= 15 is 0 Å². The summed E-state index contributed by atoms with van der Waals surface area (Å²) in [7, 11) is 0. The lowest BCUT2D eigenvalue weighted by atomic mass is 10.0. The number of alkyl halides is 3. The van der Waals surface area contributed by atoms with E-state index in [4.69, 9.17) is 4.42 Å². The van der Waals surface area contributed by atoms with E-state index < -0.39 is 23.7 Å². The van der Waals surface area contributed by atoms with E-state index in [1.165, 1.54) is 6.07 Å². The van der Waals surface area contributed by atoms with Gasteiger partial charge in [0.05, 0.1) is 10.0 Å². The van der Waals surface area contributed by atoms with Gasteiger partial charge < -0.3 is 9.52 Å². The fraction of sp³-hybridized carbons (Fsp3) is 0.167. The zero-order valence-electron chi connectivity index (χ0n) is 9.51. The van der Waals surface area contributed by atoms with Crippen LogP contribution in [0.4, 0.5) is 17.6 Å². The second kappa shape index (κ2) is 5.50. The minimum Gasteiger partial charge on any atom is -0.450 e. The Bertz CT molecular complexity index is 617. The van der Waals surface area contributed by atoms with Crippen molar-refractivity contribution < 1.29 is 27.1 Å². The molecule has 0 aliphatic heterocycles. The number of furan rings is 1. The number of benzene rings is 1. The molecule has 0 spiro atoms. The van der Waals surface area contributed by atoms with Gasteiger partial charge in [-0.05, 0) is 55.6 Å². The van der Waals surface area contributed by atoms with Crippen molar-refractivity contribution >= 4 is 31.9 Å². The van der Waals surface area contributed by atoms with Gasteiger partial charge >= 0.3 is 6.18 Å². The molecule has 0 radical (unpaired) electrons. The molecule has 20 heavy (non-hydrogen) atoms. The van der Waals surface area contributed by atoms with Gasteiger partial charge in [0.2, 0.25) is 0 Å². The Morgan fingerprint density at radius 3 is 2.30 bits per heavy atom. The molecule has 1 unspecified atom stereocenters. The predicted molar refractivity (Wildman–Crippen MR) is 69.6 cm³/mol. The molecular formula is C12H6Br2F4O2. The number of aliphatic hydroxyl groups excluding tert-OH is 1. The Morgan fingerprint density at radius 2 is 1.80 bits per heavy atom. The Kier molecular flexibility index (Phi) is 4.27. The molecule has 1 aromatic heterocycles. The van der Waals surface area contributed by atoms with Gasteiger partial charge in [-0.3, -0.25) is 0 Å². The lowest BCUT2D eigenvalue weighted by molar-refractivity contribution is -0.140. The molecule has 1 atom stereocenters. The van der Waals surface area contributed by atoms with Gasteiger partial charge in [-0.25, -0.2) is 4.39 Å². The second-order valence-electron chi connectivity index (χ2n) is 3.91. The Morgan fingerprint density at radius 1 is 1.15 bits per heavy atom. The zero-order chi connectivity index (χ0) is 15.1. The summed E-state index contributed by atoms with van der Waals surface area (Å²) < 4.78 is 56.9. The van der Waals surface area contributed by atoms with E-state index in [-0.39, 0.29) is 11.3 Å². The summed E-state index contributed by atoms with van der Waals surface area (Å²) in [5.41, 5.74) is -1.55. The average molecular weight is 418 g/mol. The zero-order valence-corrected chi connectivity index (χ0v) is 12.7. The van der Waals surface area contributed by atoms with Crippen molar-refractivity contribution in [3.05, 3.63) is 56.1 Å². The van der Waals surface area contributed by atoms with Crippen LogP contribution in [0.2, 0.25) is 0 Å². The minimum atomic E-state index is -4.83. The number of hydrogen-bond acceptors (Lipinski definition) is 2. The maximum atomic E-state index is 13.2. The van der Waals surface area contributed by atoms with Gasteiger partial charge in [0, 0.05) is 0 Å². The van der Waals surface area contributed by atoms with E-state index in [0.717, 1.165) is 6.07 Å². The lowest BCUT2D eigenvalue weighted by Crippen LogP contribution is -2.10. The van der Waals surface area contributed by atoms with E-state index in [2.05, 4.69) is 31.9 Å². The highest BCUT2D eigenvalue weighted by atomic mass is 79.9. The van der Waals surface area contributed by atoms with Gasteiger partial charge in [0.15, 0.2) is 4.67 Å². The number of halogens is 6. The topological polar surface area (TPSA) is 33.4 Å². The Hall–Kier alpha value is -0.860. The number of rotatable bonds is 2.